The number of benzene rings is 1. The second kappa shape index (κ2) is 5.08. The molecular formula is C12H13Cl2NO2. The van der Waals surface area contributed by atoms with Crippen molar-refractivity contribution in [2.75, 3.05) is 0 Å². The van der Waals surface area contributed by atoms with E-state index in [0.717, 1.165) is 11.1 Å². The van der Waals surface area contributed by atoms with Crippen molar-refractivity contribution in [3.63, 3.8) is 0 Å². The van der Waals surface area contributed by atoms with Gasteiger partial charge in [-0.25, -0.2) is 0 Å². The lowest BCUT2D eigenvalue weighted by Crippen LogP contribution is -2.07. The number of hydrogen-bond donors (Lipinski definition) is 1. The van der Waals surface area contributed by atoms with Crippen molar-refractivity contribution in [3.05, 3.63) is 44.3 Å². The molecule has 1 heterocycles. The van der Waals surface area contributed by atoms with Gasteiger partial charge in [0.25, 0.3) is 0 Å². The van der Waals surface area contributed by atoms with Crippen molar-refractivity contribution in [1.29, 1.82) is 0 Å². The van der Waals surface area contributed by atoms with Crippen molar-refractivity contribution >= 4 is 35.0 Å². The predicted octanol–water partition coefficient (Wildman–Crippen LogP) is 2.94. The molecule has 0 bridgehead atoms. The molecule has 1 aromatic heterocycles. The van der Waals surface area contributed by atoms with Crippen LogP contribution in [0.5, 0.6) is 0 Å². The van der Waals surface area contributed by atoms with Gasteiger partial charge in [-0.05, 0) is 31.0 Å². The third kappa shape index (κ3) is 2.32. The van der Waals surface area contributed by atoms with Crippen LogP contribution in [0.1, 0.15) is 16.9 Å². The summed E-state index contributed by atoms with van der Waals surface area (Å²) in [4.78, 5) is 11.9. The summed E-state index contributed by atoms with van der Waals surface area (Å²) in [5.41, 5.74) is 7.56. The van der Waals surface area contributed by atoms with E-state index in [1.807, 2.05) is 13.8 Å². The maximum atomic E-state index is 11.9. The lowest BCUT2D eigenvalue weighted by atomic mass is 10.1. The van der Waals surface area contributed by atoms with E-state index < -0.39 is 0 Å². The third-order valence-electron chi connectivity index (χ3n) is 2.63. The smallest absolute Gasteiger partial charge is 0.193 e. The Bertz CT molecular complexity index is 620. The van der Waals surface area contributed by atoms with Crippen LogP contribution in [0.3, 0.4) is 0 Å². The molecular weight excluding hydrogens is 261 g/mol. The van der Waals surface area contributed by atoms with Gasteiger partial charge in [0, 0.05) is 11.1 Å². The zero-order valence-electron chi connectivity index (χ0n) is 9.54. The van der Waals surface area contributed by atoms with Crippen molar-refractivity contribution in [2.24, 2.45) is 5.73 Å². The van der Waals surface area contributed by atoms with Gasteiger partial charge >= 0.3 is 0 Å². The van der Waals surface area contributed by atoms with Gasteiger partial charge in [-0.3, -0.25) is 4.79 Å². The maximum Gasteiger partial charge on any atom is 0.193 e. The topological polar surface area (TPSA) is 56.2 Å². The lowest BCUT2D eigenvalue weighted by Gasteiger charge is -2.07. The summed E-state index contributed by atoms with van der Waals surface area (Å²) in [7, 11) is 0. The van der Waals surface area contributed by atoms with Crippen molar-refractivity contribution in [2.45, 2.75) is 20.4 Å². The summed E-state index contributed by atoms with van der Waals surface area (Å²) in [6, 6.07) is 3.19. The van der Waals surface area contributed by atoms with Crippen LogP contribution in [0.2, 0.25) is 5.02 Å². The number of aryl methyl sites for hydroxylation is 2. The monoisotopic (exact) mass is 273 g/mol. The van der Waals surface area contributed by atoms with Gasteiger partial charge in [0.1, 0.15) is 11.3 Å². The highest BCUT2D eigenvalue weighted by molar-refractivity contribution is 6.33. The molecule has 0 spiro atoms. The average molecular weight is 274 g/mol. The second-order valence-electron chi connectivity index (χ2n) is 3.79. The second-order valence-corrected chi connectivity index (χ2v) is 4.16. The molecule has 0 radical (unpaired) electrons. The van der Waals surface area contributed by atoms with E-state index in [1.54, 1.807) is 6.07 Å². The normalized spacial score (nSPS) is 10.4. The number of fused-ring (bicyclic) bond motifs is 1. The summed E-state index contributed by atoms with van der Waals surface area (Å²) in [5.74, 6) is 0.485. The summed E-state index contributed by atoms with van der Waals surface area (Å²) in [5, 5.41) is 1.15. The van der Waals surface area contributed by atoms with Crippen LogP contribution in [0.25, 0.3) is 11.0 Å². The Balaban J connectivity index is 0.00000144. The van der Waals surface area contributed by atoms with Crippen LogP contribution in [-0.2, 0) is 6.54 Å². The van der Waals surface area contributed by atoms with Crippen LogP contribution < -0.4 is 11.2 Å². The highest BCUT2D eigenvalue weighted by Crippen LogP contribution is 2.27. The van der Waals surface area contributed by atoms with Crippen LogP contribution in [0.15, 0.2) is 21.3 Å². The molecule has 0 amide bonds. The molecule has 0 aliphatic carbocycles. The molecule has 1 aromatic carbocycles. The quantitative estimate of drug-likeness (QED) is 0.869. The van der Waals surface area contributed by atoms with Crippen molar-refractivity contribution < 1.29 is 4.42 Å². The van der Waals surface area contributed by atoms with Crippen molar-refractivity contribution in [3.8, 4) is 0 Å². The van der Waals surface area contributed by atoms with Crippen LogP contribution in [-0.4, -0.2) is 0 Å². The van der Waals surface area contributed by atoms with E-state index in [2.05, 4.69) is 0 Å². The molecule has 2 aromatic rings. The molecule has 0 aliphatic heterocycles. The Morgan fingerprint density at radius 3 is 2.59 bits per heavy atom. The van der Waals surface area contributed by atoms with Crippen molar-refractivity contribution in [1.82, 2.24) is 0 Å². The Kier molecular flexibility index (Phi) is 4.20. The molecule has 92 valence electrons. The van der Waals surface area contributed by atoms with Crippen LogP contribution in [0.4, 0.5) is 0 Å². The fourth-order valence-corrected chi connectivity index (χ4v) is 1.95. The summed E-state index contributed by atoms with van der Waals surface area (Å²) in [6.45, 7) is 3.91. The van der Waals surface area contributed by atoms with Crippen LogP contribution >= 0.6 is 24.0 Å². The Morgan fingerprint density at radius 2 is 2.00 bits per heavy atom. The van der Waals surface area contributed by atoms with Gasteiger partial charge in [0.05, 0.1) is 11.9 Å². The molecule has 0 unspecified atom stereocenters. The van der Waals surface area contributed by atoms with E-state index in [9.17, 15) is 4.79 Å². The van der Waals surface area contributed by atoms with Gasteiger partial charge in [-0.2, -0.15) is 0 Å². The predicted molar refractivity (Wildman–Crippen MR) is 72.1 cm³/mol. The first-order valence-electron chi connectivity index (χ1n) is 4.97. The van der Waals surface area contributed by atoms with Gasteiger partial charge in [-0.1, -0.05) is 11.6 Å². The largest absolute Gasteiger partial charge is 0.459 e. The molecule has 2 rings (SSSR count). The lowest BCUT2D eigenvalue weighted by molar-refractivity contribution is 0.538. The zero-order chi connectivity index (χ0) is 11.9. The number of rotatable bonds is 1. The van der Waals surface area contributed by atoms with Gasteiger partial charge in [-0.15, -0.1) is 12.4 Å². The zero-order valence-corrected chi connectivity index (χ0v) is 11.1. The number of halogens is 2. The van der Waals surface area contributed by atoms with E-state index in [4.69, 9.17) is 21.8 Å². The van der Waals surface area contributed by atoms with E-state index in [-0.39, 0.29) is 24.4 Å². The summed E-state index contributed by atoms with van der Waals surface area (Å²) >= 11 is 6.10. The molecule has 0 atom stereocenters. The van der Waals surface area contributed by atoms with Gasteiger partial charge < -0.3 is 10.2 Å². The first-order valence-corrected chi connectivity index (χ1v) is 5.35. The fraction of sp³-hybridized carbons (Fsp3) is 0.250. The SMILES string of the molecule is Cc1cc2oc(CN)cc(=O)c2c(C)c1Cl.Cl. The molecule has 17 heavy (non-hydrogen) atoms. The van der Waals surface area contributed by atoms with E-state index >= 15 is 0 Å². The highest BCUT2D eigenvalue weighted by atomic mass is 35.5. The summed E-state index contributed by atoms with van der Waals surface area (Å²) in [6.07, 6.45) is 0. The molecule has 0 fully saturated rings. The molecule has 2 N–H and O–H groups in total. The molecule has 0 saturated heterocycles. The van der Waals surface area contributed by atoms with Crippen LogP contribution in [0, 0.1) is 13.8 Å². The maximum absolute atomic E-state index is 11.9. The molecule has 0 aliphatic rings. The van der Waals surface area contributed by atoms with E-state index in [1.165, 1.54) is 6.07 Å². The standard InChI is InChI=1S/C12H12ClNO2.ClH/c1-6-3-10-11(7(2)12(6)13)9(15)4-8(5-14)16-10;/h3-4H,5,14H2,1-2H3;1H. The van der Waals surface area contributed by atoms with Gasteiger partial charge in [0.15, 0.2) is 5.43 Å². The minimum Gasteiger partial charge on any atom is -0.459 e. The Labute approximate surface area is 110 Å². The highest BCUT2D eigenvalue weighted by Gasteiger charge is 2.11. The Hall–Kier alpha value is -1.03. The fourth-order valence-electron chi connectivity index (χ4n) is 1.80. The third-order valence-corrected chi connectivity index (χ3v) is 3.21. The van der Waals surface area contributed by atoms with E-state index in [0.29, 0.717) is 21.8 Å². The minimum absolute atomic E-state index is 0. The first kappa shape index (κ1) is 14.0. The molecule has 0 saturated carbocycles. The molecule has 3 nitrogen and oxygen atoms in total. The van der Waals surface area contributed by atoms with Gasteiger partial charge in [0.2, 0.25) is 0 Å². The summed E-state index contributed by atoms with van der Waals surface area (Å²) < 4.78 is 5.52. The molecule has 5 heteroatoms. The first-order chi connectivity index (χ1) is 7.54. The minimum atomic E-state index is -0.0962. The Morgan fingerprint density at radius 1 is 1.35 bits per heavy atom. The number of hydrogen-bond acceptors (Lipinski definition) is 3. The average Bonchev–Trinajstić information content (AvgIpc) is 2.25. The number of nitrogens with two attached hydrogens (primary N) is 1.